The van der Waals surface area contributed by atoms with Gasteiger partial charge in [-0.05, 0) is 91.2 Å². The number of hydrogen-bond donors (Lipinski definition) is 1. The van der Waals surface area contributed by atoms with Gasteiger partial charge in [0.05, 0.1) is 18.8 Å². The molecule has 0 aliphatic carbocycles. The number of halogens is 1. The van der Waals surface area contributed by atoms with Crippen LogP contribution in [0.25, 0.3) is 0 Å². The van der Waals surface area contributed by atoms with E-state index in [0.717, 1.165) is 11.1 Å². The van der Waals surface area contributed by atoms with Crippen molar-refractivity contribution in [3.63, 3.8) is 0 Å². The van der Waals surface area contributed by atoms with E-state index in [2.05, 4.69) is 41.5 Å². The maximum Gasteiger partial charge on any atom is 0.410 e. The lowest BCUT2D eigenvalue weighted by Crippen LogP contribution is -2.57. The molecule has 1 fully saturated rings. The van der Waals surface area contributed by atoms with E-state index in [1.54, 1.807) is 23.0 Å². The molecule has 2 atom stereocenters. The summed E-state index contributed by atoms with van der Waals surface area (Å²) in [4.78, 5) is 29.5. The van der Waals surface area contributed by atoms with E-state index in [4.69, 9.17) is 35.0 Å². The van der Waals surface area contributed by atoms with Gasteiger partial charge in [0.25, 0.3) is 5.91 Å². The number of carbonyl (C=O) groups is 2. The molecule has 2 aromatic rings. The Morgan fingerprint density at radius 2 is 1.75 bits per heavy atom. The van der Waals surface area contributed by atoms with Gasteiger partial charge in [-0.25, -0.2) is 4.79 Å². The van der Waals surface area contributed by atoms with E-state index in [-0.39, 0.29) is 38.6 Å². The smallest absolute Gasteiger partial charge is 0.410 e. The summed E-state index contributed by atoms with van der Waals surface area (Å²) >= 11 is 6.59. The molecule has 0 aromatic heterocycles. The SMILES string of the molecule is COCCCN1C(=O)COc2ccc(CO[C@H]3CN(C(=O)OC(C)(C)C)CC[C@]3(O)c3ccc(Cl)cc3CCO[Si](C(C)C)(C(C)C)C(C)C)cc21. The van der Waals surface area contributed by atoms with Crippen molar-refractivity contribution in [2.75, 3.05) is 51.5 Å². The van der Waals surface area contributed by atoms with Crippen molar-refractivity contribution in [1.29, 1.82) is 0 Å². The van der Waals surface area contributed by atoms with Gasteiger partial charge >= 0.3 is 6.09 Å². The number of likely N-dealkylation sites (tertiary alicyclic amines) is 1. The molecule has 0 bridgehead atoms. The number of aliphatic hydroxyl groups is 1. The Morgan fingerprint density at radius 3 is 2.38 bits per heavy atom. The average Bonchev–Trinajstić information content (AvgIpc) is 3.06. The highest BCUT2D eigenvalue weighted by molar-refractivity contribution is 6.77. The lowest BCUT2D eigenvalue weighted by atomic mass is 9.79. The van der Waals surface area contributed by atoms with Crippen LogP contribution in [0.2, 0.25) is 21.6 Å². The molecular formula is C40H61ClN2O8Si. The largest absolute Gasteiger partial charge is 0.482 e. The second-order valence-corrected chi connectivity index (χ2v) is 22.0. The van der Waals surface area contributed by atoms with Crippen LogP contribution < -0.4 is 9.64 Å². The Bertz CT molecular complexity index is 1510. The molecule has 0 spiro atoms. The third-order valence-corrected chi connectivity index (χ3v) is 16.8. The van der Waals surface area contributed by atoms with E-state index < -0.39 is 31.7 Å². The van der Waals surface area contributed by atoms with Gasteiger partial charge in [-0.1, -0.05) is 65.3 Å². The number of carbonyl (C=O) groups excluding carboxylic acids is 2. The van der Waals surface area contributed by atoms with Crippen LogP contribution in [0.5, 0.6) is 5.75 Å². The number of fused-ring (bicyclic) bond motifs is 1. The zero-order valence-electron chi connectivity index (χ0n) is 32.9. The first-order valence-corrected chi connectivity index (χ1v) is 21.2. The van der Waals surface area contributed by atoms with Crippen LogP contribution in [0, 0.1) is 0 Å². The molecule has 2 amide bonds. The fourth-order valence-electron chi connectivity index (χ4n) is 8.08. The summed E-state index contributed by atoms with van der Waals surface area (Å²) in [7, 11) is -0.484. The summed E-state index contributed by atoms with van der Waals surface area (Å²) in [5.41, 5.74) is 2.28. The number of benzene rings is 2. The van der Waals surface area contributed by atoms with Gasteiger partial charge in [0.1, 0.15) is 23.1 Å². The number of hydrogen-bond acceptors (Lipinski definition) is 8. The molecule has 2 aliphatic heterocycles. The van der Waals surface area contributed by atoms with E-state index in [1.165, 1.54) is 0 Å². The van der Waals surface area contributed by atoms with Crippen molar-refractivity contribution in [2.45, 2.75) is 122 Å². The maximum absolute atomic E-state index is 13.3. The van der Waals surface area contributed by atoms with Crippen LogP contribution in [0.15, 0.2) is 36.4 Å². The highest BCUT2D eigenvalue weighted by Crippen LogP contribution is 2.43. The monoisotopic (exact) mass is 760 g/mol. The minimum absolute atomic E-state index is 0.0184. The predicted molar refractivity (Wildman–Crippen MR) is 208 cm³/mol. The summed E-state index contributed by atoms with van der Waals surface area (Å²) in [6, 6.07) is 11.2. The van der Waals surface area contributed by atoms with E-state index in [1.807, 2.05) is 51.1 Å². The summed E-state index contributed by atoms with van der Waals surface area (Å²) in [6.45, 7) is 21.2. The highest BCUT2D eigenvalue weighted by Gasteiger charge is 2.48. The second kappa shape index (κ2) is 17.6. The summed E-state index contributed by atoms with van der Waals surface area (Å²) in [5, 5.41) is 13.3. The molecule has 52 heavy (non-hydrogen) atoms. The predicted octanol–water partition coefficient (Wildman–Crippen LogP) is 8.25. The van der Waals surface area contributed by atoms with Crippen LogP contribution in [-0.2, 0) is 42.1 Å². The van der Waals surface area contributed by atoms with Crippen LogP contribution >= 0.6 is 11.6 Å². The lowest BCUT2D eigenvalue weighted by molar-refractivity contribution is -0.155. The maximum atomic E-state index is 13.3. The van der Waals surface area contributed by atoms with Gasteiger partial charge in [0.2, 0.25) is 0 Å². The quantitative estimate of drug-likeness (QED) is 0.143. The molecule has 0 radical (unpaired) electrons. The molecule has 2 aliphatic rings. The molecule has 0 saturated carbocycles. The van der Waals surface area contributed by atoms with Gasteiger partial charge in [-0.15, -0.1) is 0 Å². The van der Waals surface area contributed by atoms with Gasteiger partial charge in [0, 0.05) is 44.9 Å². The first-order valence-electron chi connectivity index (χ1n) is 18.7. The molecule has 0 unspecified atom stereocenters. The molecule has 2 aromatic carbocycles. The number of piperidine rings is 1. The van der Waals surface area contributed by atoms with Crippen molar-refractivity contribution in [3.05, 3.63) is 58.1 Å². The number of anilines is 1. The topological polar surface area (TPSA) is 107 Å². The summed E-state index contributed by atoms with van der Waals surface area (Å²) < 4.78 is 30.2. The van der Waals surface area contributed by atoms with E-state index in [9.17, 15) is 14.7 Å². The third kappa shape index (κ3) is 9.70. The Labute approximate surface area is 317 Å². The van der Waals surface area contributed by atoms with Gasteiger partial charge in [-0.3, -0.25) is 4.79 Å². The molecule has 10 nitrogen and oxygen atoms in total. The Hall–Kier alpha value is -2.67. The highest BCUT2D eigenvalue weighted by atomic mass is 35.5. The first kappa shape index (κ1) is 42.1. The third-order valence-electron chi connectivity index (χ3n) is 10.4. The number of rotatable bonds is 15. The van der Waals surface area contributed by atoms with Crippen LogP contribution in [0.3, 0.4) is 0 Å². The second-order valence-electron chi connectivity index (χ2n) is 16.1. The normalized spacial score (nSPS) is 19.8. The van der Waals surface area contributed by atoms with Crippen LogP contribution in [0.1, 0.15) is 91.8 Å². The number of amides is 2. The molecule has 2 heterocycles. The van der Waals surface area contributed by atoms with E-state index >= 15 is 0 Å². The van der Waals surface area contributed by atoms with Crippen molar-refractivity contribution < 1.29 is 38.1 Å². The fourth-order valence-corrected chi connectivity index (χ4v) is 13.7. The van der Waals surface area contributed by atoms with Crippen LogP contribution in [-0.4, -0.2) is 88.6 Å². The molecular weight excluding hydrogens is 700 g/mol. The Balaban J connectivity index is 1.64. The zero-order valence-corrected chi connectivity index (χ0v) is 34.7. The molecule has 1 N–H and O–H groups in total. The van der Waals surface area contributed by atoms with Crippen LogP contribution in [0.4, 0.5) is 10.5 Å². The van der Waals surface area contributed by atoms with Gasteiger partial charge in [0.15, 0.2) is 14.9 Å². The number of ether oxygens (including phenoxy) is 4. The van der Waals surface area contributed by atoms with Gasteiger partial charge < -0.3 is 38.3 Å². The number of methoxy groups -OCH3 is 1. The van der Waals surface area contributed by atoms with Crippen molar-refractivity contribution in [3.8, 4) is 5.75 Å². The minimum atomic E-state index is -2.12. The van der Waals surface area contributed by atoms with Gasteiger partial charge in [-0.2, -0.15) is 0 Å². The fraction of sp³-hybridized carbons (Fsp3) is 0.650. The molecule has 12 heteroatoms. The zero-order chi connectivity index (χ0) is 38.4. The Kier molecular flexibility index (Phi) is 14.3. The lowest BCUT2D eigenvalue weighted by Gasteiger charge is -2.45. The van der Waals surface area contributed by atoms with E-state index in [0.29, 0.717) is 71.2 Å². The summed E-state index contributed by atoms with van der Waals surface area (Å²) in [6.07, 6.45) is 0.217. The first-order chi connectivity index (χ1) is 24.4. The summed E-state index contributed by atoms with van der Waals surface area (Å²) in [5.74, 6) is 0.504. The van der Waals surface area contributed by atoms with Crippen molar-refractivity contribution in [2.24, 2.45) is 0 Å². The average molecular weight is 761 g/mol. The number of nitrogens with zero attached hydrogens (tertiary/aromatic N) is 2. The molecule has 1 saturated heterocycles. The molecule has 4 rings (SSSR count). The Morgan fingerprint density at radius 1 is 1.06 bits per heavy atom. The minimum Gasteiger partial charge on any atom is -0.482 e. The van der Waals surface area contributed by atoms with Crippen molar-refractivity contribution in [1.82, 2.24) is 4.90 Å². The molecule has 290 valence electrons. The van der Waals surface area contributed by atoms with Crippen molar-refractivity contribution >= 4 is 37.6 Å². The standard InChI is InChI=1S/C40H61ClN2O8Si/c1-27(2)52(28(3)4,29(5)6)50-21-16-31-23-32(41)13-14-33(31)40(46)17-19-42(38(45)51-39(7,8)9)24-36(40)49-25-30-12-15-35-34(22-30)43(18-11-20-47-10)37(44)26-48-35/h12-15,22-23,27-29,36,46H,11,16-21,24-26H2,1-10H3/t36-,40-/m0/s1.